The molecule has 0 spiro atoms. The van der Waals surface area contributed by atoms with E-state index in [-0.39, 0.29) is 6.54 Å². The zero-order valence-corrected chi connectivity index (χ0v) is 14.3. The second-order valence-electron chi connectivity index (χ2n) is 4.99. The molecule has 0 saturated carbocycles. The third-order valence-corrected chi connectivity index (χ3v) is 5.71. The number of rotatable bonds is 4. The predicted molar refractivity (Wildman–Crippen MR) is 82.3 cm³/mol. The second-order valence-corrected chi connectivity index (χ2v) is 7.85. The minimum Gasteiger partial charge on any atom is -0.336 e. The molecule has 0 atom stereocenters. The summed E-state index contributed by atoms with van der Waals surface area (Å²) in [6.07, 6.45) is 0.902. The molecule has 2 heterocycles. The molecule has 2 aromatic heterocycles. The molecule has 5 nitrogen and oxygen atoms in total. The van der Waals surface area contributed by atoms with E-state index in [2.05, 4.69) is 4.98 Å². The Balaban J connectivity index is 2.39. The average molecular weight is 378 g/mol. The van der Waals surface area contributed by atoms with Crippen LogP contribution in [0.15, 0.2) is 34.8 Å². The summed E-state index contributed by atoms with van der Waals surface area (Å²) in [5.74, 6) is -0.848. The number of pyridine rings is 1. The number of sulfone groups is 1. The molecule has 0 fully saturated rings. The van der Waals surface area contributed by atoms with Gasteiger partial charge in [0.2, 0.25) is 0 Å². The maximum absolute atomic E-state index is 12.8. The SMILES string of the molecule is Cc1ccsc1CN(C)C(=O)c1cccnc1S(=O)(=O)C(F)(F)F. The summed E-state index contributed by atoms with van der Waals surface area (Å²) in [5.41, 5.74) is -5.19. The van der Waals surface area contributed by atoms with Gasteiger partial charge < -0.3 is 4.90 Å². The van der Waals surface area contributed by atoms with Gasteiger partial charge in [0.25, 0.3) is 15.7 Å². The number of carbonyl (C=O) groups is 1. The molecule has 2 aromatic rings. The van der Waals surface area contributed by atoms with E-state index in [0.717, 1.165) is 27.6 Å². The molecule has 10 heteroatoms. The van der Waals surface area contributed by atoms with E-state index in [1.807, 2.05) is 18.4 Å². The number of nitrogens with zero attached hydrogens (tertiary/aromatic N) is 2. The molecule has 0 aliphatic carbocycles. The summed E-state index contributed by atoms with van der Waals surface area (Å²) in [7, 11) is -4.32. The average Bonchev–Trinajstić information content (AvgIpc) is 2.90. The number of aromatic nitrogens is 1. The summed E-state index contributed by atoms with van der Waals surface area (Å²) >= 11 is 1.40. The van der Waals surface area contributed by atoms with Crippen LogP contribution in [0.1, 0.15) is 20.8 Å². The van der Waals surface area contributed by atoms with Gasteiger partial charge in [-0.05, 0) is 36.1 Å². The summed E-state index contributed by atoms with van der Waals surface area (Å²) in [5, 5.41) is 0.546. The second kappa shape index (κ2) is 6.52. The molecular formula is C14H13F3N2O3S2. The van der Waals surface area contributed by atoms with Crippen LogP contribution in [0.5, 0.6) is 0 Å². The third-order valence-electron chi connectivity index (χ3n) is 3.26. The highest BCUT2D eigenvalue weighted by Gasteiger charge is 2.49. The van der Waals surface area contributed by atoms with Crippen molar-refractivity contribution in [2.75, 3.05) is 7.05 Å². The fraction of sp³-hybridized carbons (Fsp3) is 0.286. The highest BCUT2D eigenvalue weighted by molar-refractivity contribution is 7.92. The predicted octanol–water partition coefficient (Wildman–Crippen LogP) is 3.02. The molecule has 0 aromatic carbocycles. The zero-order valence-electron chi connectivity index (χ0n) is 12.7. The van der Waals surface area contributed by atoms with Gasteiger partial charge in [0.05, 0.1) is 12.1 Å². The smallest absolute Gasteiger partial charge is 0.336 e. The van der Waals surface area contributed by atoms with Crippen molar-refractivity contribution >= 4 is 27.1 Å². The molecule has 24 heavy (non-hydrogen) atoms. The van der Waals surface area contributed by atoms with Gasteiger partial charge in [-0.3, -0.25) is 4.79 Å². The van der Waals surface area contributed by atoms with Crippen LogP contribution in [-0.2, 0) is 16.4 Å². The third kappa shape index (κ3) is 3.44. The van der Waals surface area contributed by atoms with Gasteiger partial charge in [0, 0.05) is 18.1 Å². The van der Waals surface area contributed by atoms with Crippen LogP contribution in [0, 0.1) is 6.92 Å². The quantitative estimate of drug-likeness (QED) is 0.820. The largest absolute Gasteiger partial charge is 0.503 e. The molecule has 0 radical (unpaired) electrons. The Kier molecular flexibility index (Phi) is 5.00. The lowest BCUT2D eigenvalue weighted by Crippen LogP contribution is -2.31. The van der Waals surface area contributed by atoms with Gasteiger partial charge >= 0.3 is 5.51 Å². The summed E-state index contributed by atoms with van der Waals surface area (Å²) in [6, 6.07) is 4.08. The lowest BCUT2D eigenvalue weighted by atomic mass is 10.2. The van der Waals surface area contributed by atoms with E-state index in [1.165, 1.54) is 24.5 Å². The van der Waals surface area contributed by atoms with Crippen molar-refractivity contribution in [3.05, 3.63) is 45.8 Å². The lowest BCUT2D eigenvalue weighted by molar-refractivity contribution is -0.0438. The number of halogens is 3. The first kappa shape index (κ1) is 18.4. The molecule has 0 bridgehead atoms. The molecule has 1 amide bonds. The van der Waals surface area contributed by atoms with Crippen molar-refractivity contribution < 1.29 is 26.4 Å². The summed E-state index contributed by atoms with van der Waals surface area (Å²) in [4.78, 5) is 17.7. The van der Waals surface area contributed by atoms with Crippen molar-refractivity contribution in [2.45, 2.75) is 24.0 Å². The first-order chi connectivity index (χ1) is 11.1. The molecular weight excluding hydrogens is 365 g/mol. The van der Waals surface area contributed by atoms with Crippen LogP contribution >= 0.6 is 11.3 Å². The van der Waals surface area contributed by atoms with E-state index in [0.29, 0.717) is 0 Å². The van der Waals surface area contributed by atoms with Gasteiger partial charge in [-0.2, -0.15) is 13.2 Å². The first-order valence-electron chi connectivity index (χ1n) is 6.60. The minimum absolute atomic E-state index is 0.155. The Morgan fingerprint density at radius 2 is 2.00 bits per heavy atom. The molecule has 130 valence electrons. The monoisotopic (exact) mass is 378 g/mol. The number of hydrogen-bond acceptors (Lipinski definition) is 5. The van der Waals surface area contributed by atoms with E-state index in [4.69, 9.17) is 0 Å². The van der Waals surface area contributed by atoms with Crippen molar-refractivity contribution in [1.29, 1.82) is 0 Å². The number of thiophene rings is 1. The molecule has 0 saturated heterocycles. The number of alkyl halides is 3. The van der Waals surface area contributed by atoms with Crippen LogP contribution in [0.4, 0.5) is 13.2 Å². The van der Waals surface area contributed by atoms with Crippen LogP contribution in [0.25, 0.3) is 0 Å². The van der Waals surface area contributed by atoms with E-state index in [9.17, 15) is 26.4 Å². The van der Waals surface area contributed by atoms with Gasteiger partial charge in [-0.1, -0.05) is 0 Å². The normalized spacial score (nSPS) is 12.2. The van der Waals surface area contributed by atoms with Crippen molar-refractivity contribution in [1.82, 2.24) is 9.88 Å². The molecule has 2 rings (SSSR count). The van der Waals surface area contributed by atoms with Crippen molar-refractivity contribution in [3.8, 4) is 0 Å². The first-order valence-corrected chi connectivity index (χ1v) is 8.97. The van der Waals surface area contributed by atoms with Gasteiger partial charge in [-0.15, -0.1) is 11.3 Å². The molecule has 0 N–H and O–H groups in total. The topological polar surface area (TPSA) is 67.3 Å². The van der Waals surface area contributed by atoms with E-state index >= 15 is 0 Å². The molecule has 0 unspecified atom stereocenters. The zero-order chi connectivity index (χ0) is 18.1. The Bertz CT molecular complexity index is 860. The minimum atomic E-state index is -5.71. The van der Waals surface area contributed by atoms with E-state index < -0.39 is 31.8 Å². The highest BCUT2D eigenvalue weighted by atomic mass is 32.2. The highest BCUT2D eigenvalue weighted by Crippen LogP contribution is 2.31. The number of aryl methyl sites for hydroxylation is 1. The Morgan fingerprint density at radius 1 is 1.33 bits per heavy atom. The fourth-order valence-corrected chi connectivity index (χ4v) is 3.76. The van der Waals surface area contributed by atoms with Crippen LogP contribution < -0.4 is 0 Å². The van der Waals surface area contributed by atoms with Crippen molar-refractivity contribution in [2.24, 2.45) is 0 Å². The Hall–Kier alpha value is -1.94. The molecule has 0 aliphatic heterocycles. The van der Waals surface area contributed by atoms with Gasteiger partial charge in [0.15, 0.2) is 5.03 Å². The van der Waals surface area contributed by atoms with Crippen LogP contribution in [0.3, 0.4) is 0 Å². The van der Waals surface area contributed by atoms with Crippen LogP contribution in [-0.4, -0.2) is 36.8 Å². The molecule has 0 aliphatic rings. The van der Waals surface area contributed by atoms with Crippen LogP contribution in [0.2, 0.25) is 0 Å². The fourth-order valence-electron chi connectivity index (χ4n) is 1.94. The maximum atomic E-state index is 12.8. The maximum Gasteiger partial charge on any atom is 0.503 e. The van der Waals surface area contributed by atoms with E-state index in [1.54, 1.807) is 0 Å². The Morgan fingerprint density at radius 3 is 2.54 bits per heavy atom. The number of hydrogen-bond donors (Lipinski definition) is 0. The number of amides is 1. The summed E-state index contributed by atoms with van der Waals surface area (Å²) in [6.45, 7) is 2.00. The standard InChI is InChI=1S/C14H13F3N2O3S2/c1-9-5-7-23-11(9)8-19(2)13(20)10-4-3-6-18-12(10)24(21,22)14(15,16)17/h3-7H,8H2,1-2H3. The van der Waals surface area contributed by atoms with Gasteiger partial charge in [0.1, 0.15) is 0 Å². The number of carbonyl (C=O) groups excluding carboxylic acids is 1. The van der Waals surface area contributed by atoms with Gasteiger partial charge in [-0.25, -0.2) is 13.4 Å². The summed E-state index contributed by atoms with van der Waals surface area (Å²) < 4.78 is 61.5. The lowest BCUT2D eigenvalue weighted by Gasteiger charge is -2.18. The Labute approximate surface area is 140 Å². The van der Waals surface area contributed by atoms with Crippen molar-refractivity contribution in [3.63, 3.8) is 0 Å².